The molecule has 4 aliphatic carbocycles. The molecule has 7 aliphatic rings. The smallest absolute Gasteiger partial charge is 0.377 e. The maximum atomic E-state index is 13.5. The van der Waals surface area contributed by atoms with Crippen LogP contribution in [0.3, 0.4) is 0 Å². The molecule has 200 valence electrons. The Morgan fingerprint density at radius 2 is 1.86 bits per heavy atom. The Labute approximate surface area is 205 Å². The van der Waals surface area contributed by atoms with Crippen molar-refractivity contribution in [3.8, 4) is 0 Å². The highest BCUT2D eigenvalue weighted by Crippen LogP contribution is 2.62. The molecule has 0 aromatic rings. The van der Waals surface area contributed by atoms with Crippen molar-refractivity contribution in [1.29, 1.82) is 0 Å². The van der Waals surface area contributed by atoms with Crippen LogP contribution < -0.4 is 0 Å². The molecule has 12 heteroatoms. The van der Waals surface area contributed by atoms with Crippen LogP contribution >= 0.6 is 0 Å². The van der Waals surface area contributed by atoms with Crippen LogP contribution in [0.5, 0.6) is 0 Å². The third-order valence-corrected chi connectivity index (χ3v) is 8.54. The summed E-state index contributed by atoms with van der Waals surface area (Å²) in [6, 6.07) is 0. The summed E-state index contributed by atoms with van der Waals surface area (Å²) in [4.78, 5) is 36.1. The molecular weight excluding hydrogens is 486 g/mol. The van der Waals surface area contributed by atoms with E-state index in [-0.39, 0.29) is 68.6 Å². The van der Waals surface area contributed by atoms with E-state index in [0.717, 1.165) is 0 Å². The average Bonchev–Trinajstić information content (AvgIpc) is 3.37. The van der Waals surface area contributed by atoms with E-state index in [1.807, 2.05) is 0 Å². The number of carbonyl (C=O) groups excluding carboxylic acids is 3. The maximum Gasteiger partial charge on any atom is 0.377 e. The van der Waals surface area contributed by atoms with Crippen molar-refractivity contribution in [3.05, 3.63) is 0 Å². The van der Waals surface area contributed by atoms with Crippen LogP contribution in [0.2, 0.25) is 0 Å². The predicted molar refractivity (Wildman–Crippen MR) is 112 cm³/mol. The first-order valence-electron chi connectivity index (χ1n) is 12.5. The van der Waals surface area contributed by atoms with Crippen LogP contribution in [-0.4, -0.2) is 90.0 Å². The van der Waals surface area contributed by atoms with E-state index in [2.05, 4.69) is 0 Å². The van der Waals surface area contributed by atoms with Crippen LogP contribution in [0.4, 0.5) is 8.78 Å². The summed E-state index contributed by atoms with van der Waals surface area (Å²) in [5.74, 6) is -6.43. The molecule has 4 saturated carbocycles. The second-order valence-electron chi connectivity index (χ2n) is 11.6. The molecular formula is C24H30F2O10. The Kier molecular flexibility index (Phi) is 5.47. The number of carbonyl (C=O) groups is 3. The lowest BCUT2D eigenvalue weighted by Crippen LogP contribution is -2.68. The molecule has 6 bridgehead atoms. The minimum absolute atomic E-state index is 0.0349. The number of hydrogen-bond acceptors (Lipinski definition) is 10. The molecule has 0 aromatic carbocycles. The lowest BCUT2D eigenvalue weighted by atomic mass is 9.50. The van der Waals surface area contributed by atoms with Crippen molar-refractivity contribution in [2.45, 2.75) is 99.0 Å². The SMILES string of the molecule is CC(F)(F)C(=O)OC12CC3CC(O)(CC(OCC(=O)OCCOC4C5CC6C(=O)OC4C6O5)(C3)C1)C2. The number of rotatable bonds is 9. The van der Waals surface area contributed by atoms with Gasteiger partial charge in [-0.15, -0.1) is 0 Å². The standard InChI is InChI=1S/C24H30F2O10/c1-21(25,26)20(29)36-24-7-12-5-22(30,10-24)9-23(6-12,11-24)33-8-15(27)31-2-3-32-17-14-4-13-16(34-14)18(17)35-19(13)28/h12-14,16-18,30H,2-11H2,1H3. The zero-order valence-electron chi connectivity index (χ0n) is 19.9. The second kappa shape index (κ2) is 8.05. The third kappa shape index (κ3) is 4.10. The second-order valence-corrected chi connectivity index (χ2v) is 11.6. The van der Waals surface area contributed by atoms with Gasteiger partial charge in [0.15, 0.2) is 6.10 Å². The van der Waals surface area contributed by atoms with Gasteiger partial charge in [0.1, 0.15) is 31.0 Å². The van der Waals surface area contributed by atoms with Gasteiger partial charge < -0.3 is 33.5 Å². The molecule has 10 nitrogen and oxygen atoms in total. The number of alkyl halides is 2. The van der Waals surface area contributed by atoms with Gasteiger partial charge in [-0.1, -0.05) is 0 Å². The monoisotopic (exact) mass is 516 g/mol. The molecule has 3 aliphatic heterocycles. The quantitative estimate of drug-likeness (QED) is 0.270. The van der Waals surface area contributed by atoms with Gasteiger partial charge in [-0.2, -0.15) is 8.78 Å². The van der Waals surface area contributed by atoms with Crippen molar-refractivity contribution in [1.82, 2.24) is 0 Å². The topological polar surface area (TPSA) is 127 Å². The fourth-order valence-corrected chi connectivity index (χ4v) is 7.81. The zero-order valence-corrected chi connectivity index (χ0v) is 19.9. The summed E-state index contributed by atoms with van der Waals surface area (Å²) >= 11 is 0. The van der Waals surface area contributed by atoms with Gasteiger partial charge in [0.2, 0.25) is 0 Å². The molecule has 0 amide bonds. The minimum Gasteiger partial charge on any atom is -0.462 e. The normalized spacial score (nSPS) is 45.7. The van der Waals surface area contributed by atoms with E-state index in [0.29, 0.717) is 32.6 Å². The summed E-state index contributed by atoms with van der Waals surface area (Å²) in [7, 11) is 0. The summed E-state index contributed by atoms with van der Waals surface area (Å²) in [6.07, 6.45) is 1.16. The highest BCUT2D eigenvalue weighted by molar-refractivity contribution is 5.78. The third-order valence-electron chi connectivity index (χ3n) is 8.54. The fraction of sp³-hybridized carbons (Fsp3) is 0.875. The minimum atomic E-state index is -3.64. The largest absolute Gasteiger partial charge is 0.462 e. The van der Waals surface area contributed by atoms with Gasteiger partial charge >= 0.3 is 23.8 Å². The van der Waals surface area contributed by atoms with Gasteiger partial charge in [0.05, 0.1) is 29.8 Å². The Hall–Kier alpha value is -1.89. The molecule has 1 N–H and O–H groups in total. The van der Waals surface area contributed by atoms with Crippen LogP contribution in [-0.2, 0) is 42.8 Å². The molecule has 0 spiro atoms. The van der Waals surface area contributed by atoms with E-state index in [1.165, 1.54) is 0 Å². The molecule has 36 heavy (non-hydrogen) atoms. The van der Waals surface area contributed by atoms with E-state index in [1.54, 1.807) is 0 Å². The first-order chi connectivity index (χ1) is 16.9. The number of esters is 3. The van der Waals surface area contributed by atoms with Gasteiger partial charge in [0.25, 0.3) is 0 Å². The highest BCUT2D eigenvalue weighted by Gasteiger charge is 2.66. The number of halogens is 2. The Bertz CT molecular complexity index is 969. The Balaban J connectivity index is 0.997. The van der Waals surface area contributed by atoms with Gasteiger partial charge in [-0.25, -0.2) is 9.59 Å². The van der Waals surface area contributed by atoms with E-state index >= 15 is 0 Å². The molecule has 3 saturated heterocycles. The molecule has 0 radical (unpaired) electrons. The first kappa shape index (κ1) is 24.4. The molecule has 9 unspecified atom stereocenters. The maximum absolute atomic E-state index is 13.5. The molecule has 3 heterocycles. The summed E-state index contributed by atoms with van der Waals surface area (Å²) in [6.45, 7) is 0.152. The van der Waals surface area contributed by atoms with Crippen molar-refractivity contribution in [2.24, 2.45) is 11.8 Å². The lowest BCUT2D eigenvalue weighted by molar-refractivity contribution is -0.278. The number of ether oxygens (including phenoxy) is 6. The zero-order chi connectivity index (χ0) is 25.5. The molecule has 7 fully saturated rings. The number of fused-ring (bicyclic) bond motifs is 1. The number of hydrogen-bond donors (Lipinski definition) is 1. The summed E-state index contributed by atoms with van der Waals surface area (Å²) in [5, 5.41) is 11.1. The molecule has 0 aromatic heterocycles. The van der Waals surface area contributed by atoms with Crippen molar-refractivity contribution < 1.29 is 56.7 Å². The van der Waals surface area contributed by atoms with Crippen LogP contribution in [0, 0.1) is 11.8 Å². The Morgan fingerprint density at radius 1 is 1.11 bits per heavy atom. The highest BCUT2D eigenvalue weighted by atomic mass is 19.3. The fourth-order valence-electron chi connectivity index (χ4n) is 7.81. The van der Waals surface area contributed by atoms with E-state index < -0.39 is 47.4 Å². The average molecular weight is 516 g/mol. The van der Waals surface area contributed by atoms with Crippen LogP contribution in [0.15, 0.2) is 0 Å². The van der Waals surface area contributed by atoms with E-state index in [9.17, 15) is 28.3 Å². The first-order valence-corrected chi connectivity index (χ1v) is 12.5. The predicted octanol–water partition coefficient (Wildman–Crippen LogP) is 1.05. The van der Waals surface area contributed by atoms with Crippen LogP contribution in [0.25, 0.3) is 0 Å². The molecule has 7 rings (SSSR count). The summed E-state index contributed by atoms with van der Waals surface area (Å²) < 4.78 is 60.4. The van der Waals surface area contributed by atoms with Crippen molar-refractivity contribution >= 4 is 17.9 Å². The summed E-state index contributed by atoms with van der Waals surface area (Å²) in [5.41, 5.74) is -3.41. The van der Waals surface area contributed by atoms with Crippen molar-refractivity contribution in [3.63, 3.8) is 0 Å². The van der Waals surface area contributed by atoms with Crippen molar-refractivity contribution in [2.75, 3.05) is 19.8 Å². The van der Waals surface area contributed by atoms with E-state index in [4.69, 9.17) is 28.4 Å². The van der Waals surface area contributed by atoms with Gasteiger partial charge in [0, 0.05) is 26.2 Å². The Morgan fingerprint density at radius 3 is 2.61 bits per heavy atom. The van der Waals surface area contributed by atoms with Crippen LogP contribution in [0.1, 0.15) is 51.9 Å². The van der Waals surface area contributed by atoms with Gasteiger partial charge in [-0.3, -0.25) is 4.79 Å². The molecule has 9 atom stereocenters. The number of aliphatic hydroxyl groups is 1. The van der Waals surface area contributed by atoms with Gasteiger partial charge in [-0.05, 0) is 31.6 Å². The lowest BCUT2D eigenvalue weighted by Gasteiger charge is -2.63.